The molecular weight excluding hydrogens is 494 g/mol. The normalized spacial score (nSPS) is 12.1. The van der Waals surface area contributed by atoms with Gasteiger partial charge in [-0.25, -0.2) is 0 Å². The maximum absolute atomic E-state index is 6.74. The van der Waals surface area contributed by atoms with E-state index in [0.717, 1.165) is 22.4 Å². The number of rotatable bonds is 2. The zero-order chi connectivity index (χ0) is 25.5. The number of thiophene rings is 1. The summed E-state index contributed by atoms with van der Waals surface area (Å²) >= 11 is 1.87. The number of furan rings is 1. The van der Waals surface area contributed by atoms with E-state index in [1.807, 2.05) is 11.3 Å². The zero-order valence-electron chi connectivity index (χ0n) is 20.9. The molecule has 39 heavy (non-hydrogen) atoms. The van der Waals surface area contributed by atoms with Crippen LogP contribution in [0.5, 0.6) is 0 Å². The monoisotopic (exact) mass is 515 g/mol. The molecule has 3 aromatic heterocycles. The maximum Gasteiger partial charge on any atom is 0.161 e. The quantitative estimate of drug-likeness (QED) is 0.224. The lowest BCUT2D eigenvalue weighted by Gasteiger charge is -2.10. The van der Waals surface area contributed by atoms with Gasteiger partial charge in [0.05, 0.1) is 11.0 Å². The number of benzene rings is 6. The largest absolute Gasteiger partial charge is 0.454 e. The first-order chi connectivity index (χ1) is 19.4. The standard InChI is InChI=1S/C36H21NOS/c1-2-10-22(11-3-1)23-18-20-24(21-19-23)37-28-15-7-4-12-25(28)31-32-27-14-6-9-17-30(27)39-36(32)33-26-13-5-8-16-29(26)38-35(33)34(31)37/h1-21H. The Morgan fingerprint density at radius 1 is 0.513 bits per heavy atom. The van der Waals surface area contributed by atoms with Crippen LogP contribution in [0.4, 0.5) is 0 Å². The smallest absolute Gasteiger partial charge is 0.161 e. The fraction of sp³-hybridized carbons (Fsp3) is 0. The van der Waals surface area contributed by atoms with Crippen LogP contribution < -0.4 is 0 Å². The Bertz CT molecular complexity index is 2370. The van der Waals surface area contributed by atoms with E-state index in [1.54, 1.807) is 0 Å². The molecule has 0 aliphatic heterocycles. The summed E-state index contributed by atoms with van der Waals surface area (Å²) in [4.78, 5) is 0. The van der Waals surface area contributed by atoms with E-state index in [1.165, 1.54) is 58.4 Å². The van der Waals surface area contributed by atoms with Crippen molar-refractivity contribution >= 4 is 75.3 Å². The number of aromatic nitrogens is 1. The SMILES string of the molecule is c1ccc(-c2ccc(-n3c4ccccc4c4c5c6ccccc6sc5c5c6ccccc6oc5c43)cc2)cc1. The van der Waals surface area contributed by atoms with E-state index in [9.17, 15) is 0 Å². The van der Waals surface area contributed by atoms with E-state index in [4.69, 9.17) is 4.42 Å². The fourth-order valence-electron chi connectivity index (χ4n) is 6.32. The molecule has 9 rings (SSSR count). The van der Waals surface area contributed by atoms with Crippen molar-refractivity contribution in [3.8, 4) is 16.8 Å². The van der Waals surface area contributed by atoms with Crippen LogP contribution in [0.1, 0.15) is 0 Å². The first kappa shape index (κ1) is 21.1. The van der Waals surface area contributed by atoms with Crippen molar-refractivity contribution in [3.63, 3.8) is 0 Å². The van der Waals surface area contributed by atoms with Gasteiger partial charge in [-0.1, -0.05) is 97.1 Å². The van der Waals surface area contributed by atoms with Crippen molar-refractivity contribution in [1.29, 1.82) is 0 Å². The van der Waals surface area contributed by atoms with Gasteiger partial charge < -0.3 is 8.98 Å². The Morgan fingerprint density at radius 2 is 1.18 bits per heavy atom. The van der Waals surface area contributed by atoms with Gasteiger partial charge in [0.1, 0.15) is 5.58 Å². The average Bonchev–Trinajstić information content (AvgIpc) is 3.67. The number of nitrogens with zero attached hydrogens (tertiary/aromatic N) is 1. The molecule has 0 aliphatic rings. The van der Waals surface area contributed by atoms with Crippen LogP contribution in [0.3, 0.4) is 0 Å². The van der Waals surface area contributed by atoms with E-state index in [2.05, 4.69) is 132 Å². The van der Waals surface area contributed by atoms with E-state index in [0.29, 0.717) is 0 Å². The Balaban J connectivity index is 1.50. The van der Waals surface area contributed by atoms with Crippen LogP contribution in [0, 0.1) is 0 Å². The van der Waals surface area contributed by atoms with E-state index in [-0.39, 0.29) is 0 Å². The summed E-state index contributed by atoms with van der Waals surface area (Å²) in [6.45, 7) is 0. The second kappa shape index (κ2) is 7.83. The van der Waals surface area contributed by atoms with E-state index < -0.39 is 0 Å². The highest BCUT2D eigenvalue weighted by Crippen LogP contribution is 2.50. The first-order valence-corrected chi connectivity index (χ1v) is 14.0. The lowest BCUT2D eigenvalue weighted by atomic mass is 10.0. The Hall–Kier alpha value is -4.86. The molecule has 6 aromatic carbocycles. The molecule has 0 saturated heterocycles. The third-order valence-electron chi connectivity index (χ3n) is 7.99. The van der Waals surface area contributed by atoms with Gasteiger partial charge in [0.25, 0.3) is 0 Å². The van der Waals surface area contributed by atoms with Crippen molar-refractivity contribution in [3.05, 3.63) is 127 Å². The average molecular weight is 516 g/mol. The predicted octanol–water partition coefficient (Wildman–Crippen LogP) is 10.7. The minimum absolute atomic E-state index is 0.926. The highest BCUT2D eigenvalue weighted by atomic mass is 32.1. The topological polar surface area (TPSA) is 18.1 Å². The summed E-state index contributed by atoms with van der Waals surface area (Å²) in [6, 6.07) is 45.5. The van der Waals surface area contributed by atoms with Crippen LogP contribution in [0.15, 0.2) is 132 Å². The predicted molar refractivity (Wildman–Crippen MR) is 166 cm³/mol. The number of hydrogen-bond acceptors (Lipinski definition) is 2. The van der Waals surface area contributed by atoms with Crippen LogP contribution >= 0.6 is 11.3 Å². The van der Waals surface area contributed by atoms with Crippen molar-refractivity contribution < 1.29 is 4.42 Å². The number of hydrogen-bond donors (Lipinski definition) is 0. The van der Waals surface area contributed by atoms with Crippen LogP contribution in [-0.2, 0) is 0 Å². The Kier molecular flexibility index (Phi) is 4.24. The van der Waals surface area contributed by atoms with Gasteiger partial charge in [-0.05, 0) is 41.5 Å². The highest BCUT2D eigenvalue weighted by Gasteiger charge is 2.25. The molecule has 3 heteroatoms. The molecule has 0 spiro atoms. The lowest BCUT2D eigenvalue weighted by molar-refractivity contribution is 0.671. The summed E-state index contributed by atoms with van der Waals surface area (Å²) in [6.07, 6.45) is 0. The molecular formula is C36H21NOS. The van der Waals surface area contributed by atoms with Gasteiger partial charge in [-0.3, -0.25) is 0 Å². The van der Waals surface area contributed by atoms with Crippen molar-refractivity contribution in [2.24, 2.45) is 0 Å². The van der Waals surface area contributed by atoms with Gasteiger partial charge in [0, 0.05) is 47.4 Å². The van der Waals surface area contributed by atoms with Gasteiger partial charge in [-0.15, -0.1) is 11.3 Å². The van der Waals surface area contributed by atoms with Gasteiger partial charge >= 0.3 is 0 Å². The molecule has 0 aliphatic carbocycles. The van der Waals surface area contributed by atoms with Crippen molar-refractivity contribution in [2.45, 2.75) is 0 Å². The molecule has 0 unspecified atom stereocenters. The summed E-state index contributed by atoms with van der Waals surface area (Å²) in [5.41, 5.74) is 7.75. The minimum Gasteiger partial charge on any atom is -0.454 e. The van der Waals surface area contributed by atoms with Crippen LogP contribution in [0.25, 0.3) is 80.7 Å². The molecule has 0 bridgehead atoms. The van der Waals surface area contributed by atoms with Gasteiger partial charge in [0.2, 0.25) is 0 Å². The Labute approximate surface area is 227 Å². The third kappa shape index (κ3) is 2.85. The zero-order valence-corrected chi connectivity index (χ0v) is 21.7. The molecule has 0 fully saturated rings. The number of fused-ring (bicyclic) bond motifs is 12. The third-order valence-corrected chi connectivity index (χ3v) is 9.18. The number of para-hydroxylation sites is 2. The molecule has 182 valence electrons. The second-order valence-corrected chi connectivity index (χ2v) is 11.1. The first-order valence-electron chi connectivity index (χ1n) is 13.2. The molecule has 9 aromatic rings. The molecule has 2 nitrogen and oxygen atoms in total. The molecule has 0 amide bonds. The molecule has 0 atom stereocenters. The van der Waals surface area contributed by atoms with Crippen molar-refractivity contribution in [1.82, 2.24) is 4.57 Å². The maximum atomic E-state index is 6.74. The second-order valence-electron chi connectivity index (χ2n) is 10.1. The molecule has 0 N–H and O–H groups in total. The van der Waals surface area contributed by atoms with Crippen LogP contribution in [-0.4, -0.2) is 4.57 Å². The molecule has 0 saturated carbocycles. The summed E-state index contributed by atoms with van der Waals surface area (Å²) in [5, 5.41) is 7.51. The van der Waals surface area contributed by atoms with Crippen molar-refractivity contribution in [2.75, 3.05) is 0 Å². The minimum atomic E-state index is 0.926. The fourth-order valence-corrected chi connectivity index (χ4v) is 7.58. The van der Waals surface area contributed by atoms with Gasteiger partial charge in [0.15, 0.2) is 5.58 Å². The summed E-state index contributed by atoms with van der Waals surface area (Å²) in [5.74, 6) is 0. The summed E-state index contributed by atoms with van der Waals surface area (Å²) in [7, 11) is 0. The lowest BCUT2D eigenvalue weighted by Crippen LogP contribution is -1.94. The molecule has 3 heterocycles. The summed E-state index contributed by atoms with van der Waals surface area (Å²) < 4.78 is 11.7. The van der Waals surface area contributed by atoms with Gasteiger partial charge in [-0.2, -0.15) is 0 Å². The Morgan fingerprint density at radius 3 is 2.03 bits per heavy atom. The molecule has 0 radical (unpaired) electrons. The van der Waals surface area contributed by atoms with Crippen LogP contribution in [0.2, 0.25) is 0 Å². The highest BCUT2D eigenvalue weighted by molar-refractivity contribution is 7.27. The van der Waals surface area contributed by atoms with E-state index >= 15 is 0 Å².